The second-order valence-corrected chi connectivity index (χ2v) is 5.96. The van der Waals surface area contributed by atoms with Crippen LogP contribution in [0.15, 0.2) is 11.7 Å². The molecule has 3 rings (SSSR count). The lowest BCUT2D eigenvalue weighted by molar-refractivity contribution is 0.240. The van der Waals surface area contributed by atoms with Crippen LogP contribution in [-0.4, -0.2) is 4.98 Å². The molecule has 2 nitrogen and oxygen atoms in total. The number of fused-ring (bicyclic) bond motifs is 2. The molecule has 78 valence electrons. The number of aromatic nitrogens is 1. The average Bonchev–Trinajstić information content (AvgIpc) is 2.93. The van der Waals surface area contributed by atoms with E-state index in [9.17, 15) is 5.26 Å². The fraction of sp³-hybridized carbons (Fsp3) is 0.667. The summed E-state index contributed by atoms with van der Waals surface area (Å²) in [5.74, 6) is 1.50. The van der Waals surface area contributed by atoms with Gasteiger partial charge in [-0.05, 0) is 31.1 Å². The molecule has 3 heteroatoms. The largest absolute Gasteiger partial charge is 0.253 e. The second kappa shape index (κ2) is 3.31. The summed E-state index contributed by atoms with van der Waals surface area (Å²) in [6.07, 6.45) is 7.93. The van der Waals surface area contributed by atoms with Gasteiger partial charge in [0.25, 0.3) is 0 Å². The molecule has 2 saturated carbocycles. The number of thiazole rings is 1. The molecule has 0 N–H and O–H groups in total. The third kappa shape index (κ3) is 1.39. The van der Waals surface area contributed by atoms with Gasteiger partial charge in [-0.3, -0.25) is 4.98 Å². The van der Waals surface area contributed by atoms with Crippen molar-refractivity contribution >= 4 is 11.3 Å². The van der Waals surface area contributed by atoms with Crippen LogP contribution in [0.2, 0.25) is 0 Å². The smallest absolute Gasteiger partial charge is 0.0794 e. The Morgan fingerprint density at radius 3 is 3.07 bits per heavy atom. The monoisotopic (exact) mass is 218 g/mol. The summed E-state index contributed by atoms with van der Waals surface area (Å²) >= 11 is 1.69. The quantitative estimate of drug-likeness (QED) is 0.765. The summed E-state index contributed by atoms with van der Waals surface area (Å²) in [6.45, 7) is 0. The maximum absolute atomic E-state index is 9.47. The Balaban J connectivity index is 1.86. The third-order valence-corrected chi connectivity index (χ3v) is 4.95. The van der Waals surface area contributed by atoms with Crippen molar-refractivity contribution in [2.45, 2.75) is 32.1 Å². The van der Waals surface area contributed by atoms with Gasteiger partial charge in [-0.1, -0.05) is 6.42 Å². The number of nitriles is 1. The Bertz CT molecular complexity index is 392. The molecule has 0 saturated heterocycles. The van der Waals surface area contributed by atoms with E-state index in [1.165, 1.54) is 24.1 Å². The van der Waals surface area contributed by atoms with Gasteiger partial charge in [0.1, 0.15) is 0 Å². The van der Waals surface area contributed by atoms with E-state index >= 15 is 0 Å². The van der Waals surface area contributed by atoms with Gasteiger partial charge in [0.2, 0.25) is 0 Å². The standard InChI is InChI=1S/C12H14N2S/c13-7-12(5-11-6-14-8-15-11)4-9-1-2-10(12)3-9/h6,8-10H,1-5H2. The summed E-state index contributed by atoms with van der Waals surface area (Å²) < 4.78 is 0. The molecule has 0 spiro atoms. The van der Waals surface area contributed by atoms with Gasteiger partial charge in [-0.15, -0.1) is 11.3 Å². The highest BCUT2D eigenvalue weighted by molar-refractivity contribution is 7.09. The Hall–Kier alpha value is -0.880. The SMILES string of the molecule is N#CC1(Cc2cncs2)CC2CCC1C2. The van der Waals surface area contributed by atoms with E-state index in [1.54, 1.807) is 11.3 Å². The molecule has 0 radical (unpaired) electrons. The molecule has 15 heavy (non-hydrogen) atoms. The van der Waals surface area contributed by atoms with Crippen LogP contribution < -0.4 is 0 Å². The van der Waals surface area contributed by atoms with Crippen molar-refractivity contribution in [1.29, 1.82) is 5.26 Å². The molecular weight excluding hydrogens is 204 g/mol. The Kier molecular flexibility index (Phi) is 2.07. The highest BCUT2D eigenvalue weighted by atomic mass is 32.1. The van der Waals surface area contributed by atoms with Gasteiger partial charge >= 0.3 is 0 Å². The highest BCUT2D eigenvalue weighted by Gasteiger charge is 2.51. The first-order chi connectivity index (χ1) is 7.32. The zero-order chi connectivity index (χ0) is 10.3. The summed E-state index contributed by atoms with van der Waals surface area (Å²) in [4.78, 5) is 5.38. The Morgan fingerprint density at radius 2 is 2.53 bits per heavy atom. The van der Waals surface area contributed by atoms with E-state index in [-0.39, 0.29) is 5.41 Å². The Labute approximate surface area is 94.0 Å². The number of hydrogen-bond acceptors (Lipinski definition) is 3. The van der Waals surface area contributed by atoms with Crippen LogP contribution in [0.1, 0.15) is 30.6 Å². The van der Waals surface area contributed by atoms with Gasteiger partial charge in [0.15, 0.2) is 0 Å². The zero-order valence-electron chi connectivity index (χ0n) is 8.65. The topological polar surface area (TPSA) is 36.7 Å². The third-order valence-electron chi connectivity index (χ3n) is 4.17. The number of hydrogen-bond donors (Lipinski definition) is 0. The summed E-state index contributed by atoms with van der Waals surface area (Å²) in [7, 11) is 0. The average molecular weight is 218 g/mol. The lowest BCUT2D eigenvalue weighted by atomic mass is 9.72. The van der Waals surface area contributed by atoms with E-state index < -0.39 is 0 Å². The molecule has 2 aliphatic carbocycles. The predicted molar refractivity (Wildman–Crippen MR) is 59.3 cm³/mol. The van der Waals surface area contributed by atoms with E-state index in [1.807, 2.05) is 11.7 Å². The maximum Gasteiger partial charge on any atom is 0.0794 e. The van der Waals surface area contributed by atoms with Crippen LogP contribution in [0, 0.1) is 28.6 Å². The molecule has 0 aliphatic heterocycles. The lowest BCUT2D eigenvalue weighted by Gasteiger charge is -2.30. The Morgan fingerprint density at radius 1 is 1.60 bits per heavy atom. The fourth-order valence-corrected chi connectivity index (χ4v) is 4.20. The molecule has 1 aromatic rings. The summed E-state index contributed by atoms with van der Waals surface area (Å²) in [5, 5.41) is 9.47. The minimum atomic E-state index is -0.0462. The molecule has 2 fully saturated rings. The van der Waals surface area contributed by atoms with Crippen LogP contribution in [0.4, 0.5) is 0 Å². The first-order valence-corrected chi connectivity index (χ1v) is 6.49. The zero-order valence-corrected chi connectivity index (χ0v) is 9.46. The van der Waals surface area contributed by atoms with Crippen LogP contribution in [0.5, 0.6) is 0 Å². The van der Waals surface area contributed by atoms with Gasteiger partial charge in [0.05, 0.1) is 17.0 Å². The molecule has 2 bridgehead atoms. The summed E-state index contributed by atoms with van der Waals surface area (Å²) in [5.41, 5.74) is 1.82. The summed E-state index contributed by atoms with van der Waals surface area (Å²) in [6, 6.07) is 2.63. The lowest BCUT2D eigenvalue weighted by Crippen LogP contribution is -2.28. The van der Waals surface area contributed by atoms with E-state index in [0.29, 0.717) is 5.92 Å². The number of nitrogens with zero attached hydrogens (tertiary/aromatic N) is 2. The molecular formula is C12H14N2S. The predicted octanol–water partition coefficient (Wildman–Crippen LogP) is 3.02. The van der Waals surface area contributed by atoms with Crippen molar-refractivity contribution in [3.8, 4) is 6.07 Å². The second-order valence-electron chi connectivity index (χ2n) is 4.99. The minimum absolute atomic E-state index is 0.0462. The molecule has 1 aromatic heterocycles. The van der Waals surface area contributed by atoms with Gasteiger partial charge in [-0.25, -0.2) is 0 Å². The molecule has 3 atom stereocenters. The minimum Gasteiger partial charge on any atom is -0.253 e. The first kappa shape index (κ1) is 9.35. The molecule has 1 heterocycles. The van der Waals surface area contributed by atoms with Crippen molar-refractivity contribution in [3.05, 3.63) is 16.6 Å². The molecule has 2 aliphatic rings. The van der Waals surface area contributed by atoms with Crippen LogP contribution in [0.3, 0.4) is 0 Å². The molecule has 0 amide bonds. The van der Waals surface area contributed by atoms with Crippen LogP contribution in [0.25, 0.3) is 0 Å². The first-order valence-electron chi connectivity index (χ1n) is 5.61. The maximum atomic E-state index is 9.47. The normalized spacial score (nSPS) is 38.1. The highest BCUT2D eigenvalue weighted by Crippen LogP contribution is 2.57. The molecule has 3 unspecified atom stereocenters. The van der Waals surface area contributed by atoms with Crippen molar-refractivity contribution in [2.75, 3.05) is 0 Å². The van der Waals surface area contributed by atoms with Crippen LogP contribution >= 0.6 is 11.3 Å². The fourth-order valence-electron chi connectivity index (χ4n) is 3.48. The van der Waals surface area contributed by atoms with Gasteiger partial charge in [0, 0.05) is 17.5 Å². The van der Waals surface area contributed by atoms with Crippen molar-refractivity contribution in [1.82, 2.24) is 4.98 Å². The van der Waals surface area contributed by atoms with E-state index in [4.69, 9.17) is 0 Å². The molecule has 0 aromatic carbocycles. The van der Waals surface area contributed by atoms with Gasteiger partial charge < -0.3 is 0 Å². The van der Waals surface area contributed by atoms with E-state index in [2.05, 4.69) is 11.1 Å². The van der Waals surface area contributed by atoms with Crippen molar-refractivity contribution in [2.24, 2.45) is 17.3 Å². The van der Waals surface area contributed by atoms with E-state index in [0.717, 1.165) is 18.8 Å². The van der Waals surface area contributed by atoms with Gasteiger partial charge in [-0.2, -0.15) is 5.26 Å². The van der Waals surface area contributed by atoms with Crippen molar-refractivity contribution in [3.63, 3.8) is 0 Å². The number of rotatable bonds is 2. The van der Waals surface area contributed by atoms with Crippen LogP contribution in [-0.2, 0) is 6.42 Å². The van der Waals surface area contributed by atoms with Crippen molar-refractivity contribution < 1.29 is 0 Å².